The molecule has 72 heavy (non-hydrogen) atoms. The van der Waals surface area contributed by atoms with Gasteiger partial charge in [-0.2, -0.15) is 0 Å². The van der Waals surface area contributed by atoms with Gasteiger partial charge >= 0.3 is 0 Å². The standard InChI is InChI=1S/C71H51N/c1-3-21-66-60(4-2)63-44-42-59(48-69(63)71(66,55-27-13-7-14-28-55)56-29-15-8-16-30-56)72(57-40-38-49(39-41-57)52-37-36-51-35-34-50-22-17-18-31-61(50)64(51)46-52)58-43-45-68-65(47-58)62-32-19-20-33-67(62)70(68,53-23-9-5-10-24-53)54-25-11-6-12-26-54/h3-48H,2H2,1H3/b21-3-. The van der Waals surface area contributed by atoms with E-state index in [1.54, 1.807) is 0 Å². The van der Waals surface area contributed by atoms with Crippen molar-refractivity contribution in [2.75, 3.05) is 4.90 Å². The van der Waals surface area contributed by atoms with E-state index < -0.39 is 10.8 Å². The third-order valence-corrected chi connectivity index (χ3v) is 15.5. The number of fused-ring (bicyclic) bond motifs is 7. The molecule has 0 spiro atoms. The third kappa shape index (κ3) is 6.48. The third-order valence-electron chi connectivity index (χ3n) is 15.5. The molecule has 0 saturated heterocycles. The maximum atomic E-state index is 4.45. The van der Waals surface area contributed by atoms with Crippen molar-refractivity contribution in [2.45, 2.75) is 17.8 Å². The minimum atomic E-state index is -0.610. The van der Waals surface area contributed by atoms with Crippen LogP contribution in [0.15, 0.2) is 291 Å². The van der Waals surface area contributed by atoms with Crippen LogP contribution in [0.2, 0.25) is 0 Å². The summed E-state index contributed by atoms with van der Waals surface area (Å²) in [7, 11) is 0. The number of benzene rings is 11. The Labute approximate surface area is 422 Å². The van der Waals surface area contributed by atoms with Crippen molar-refractivity contribution in [3.8, 4) is 22.3 Å². The van der Waals surface area contributed by atoms with Gasteiger partial charge in [-0.05, 0) is 149 Å². The molecule has 0 aromatic heterocycles. The van der Waals surface area contributed by atoms with Crippen LogP contribution in [0.1, 0.15) is 51.4 Å². The van der Waals surface area contributed by atoms with Crippen LogP contribution >= 0.6 is 0 Å². The van der Waals surface area contributed by atoms with Gasteiger partial charge in [0, 0.05) is 17.1 Å². The molecule has 2 aliphatic rings. The molecule has 0 bridgehead atoms. The van der Waals surface area contributed by atoms with Gasteiger partial charge in [0.25, 0.3) is 0 Å². The molecule has 0 N–H and O–H groups in total. The highest BCUT2D eigenvalue weighted by Gasteiger charge is 2.48. The first kappa shape index (κ1) is 43.0. The molecule has 0 unspecified atom stereocenters. The fourth-order valence-electron chi connectivity index (χ4n) is 12.5. The molecular formula is C71H51N. The van der Waals surface area contributed by atoms with Crippen molar-refractivity contribution in [3.63, 3.8) is 0 Å². The second-order valence-corrected chi connectivity index (χ2v) is 19.1. The van der Waals surface area contributed by atoms with Gasteiger partial charge in [0.15, 0.2) is 0 Å². The van der Waals surface area contributed by atoms with E-state index in [1.807, 2.05) is 0 Å². The van der Waals surface area contributed by atoms with E-state index in [0.29, 0.717) is 0 Å². The molecule has 1 nitrogen and oxygen atoms in total. The van der Waals surface area contributed by atoms with Gasteiger partial charge in [0.05, 0.1) is 10.8 Å². The second-order valence-electron chi connectivity index (χ2n) is 19.1. The Morgan fingerprint density at radius 1 is 0.361 bits per heavy atom. The molecule has 1 heteroatoms. The summed E-state index contributed by atoms with van der Waals surface area (Å²) in [5.74, 6) is 0. The molecule has 13 rings (SSSR count). The number of rotatable bonds is 10. The van der Waals surface area contributed by atoms with Crippen molar-refractivity contribution in [3.05, 3.63) is 336 Å². The van der Waals surface area contributed by atoms with Crippen LogP contribution in [0.4, 0.5) is 17.1 Å². The molecule has 2 aliphatic carbocycles. The Morgan fingerprint density at radius 2 is 0.861 bits per heavy atom. The van der Waals surface area contributed by atoms with Crippen molar-refractivity contribution < 1.29 is 0 Å². The summed E-state index contributed by atoms with van der Waals surface area (Å²) < 4.78 is 0. The highest BCUT2D eigenvalue weighted by Crippen LogP contribution is 2.59. The predicted molar refractivity (Wildman–Crippen MR) is 304 cm³/mol. The van der Waals surface area contributed by atoms with Gasteiger partial charge in [0.2, 0.25) is 0 Å². The topological polar surface area (TPSA) is 3.24 Å². The molecule has 0 atom stereocenters. The zero-order valence-electron chi connectivity index (χ0n) is 40.2. The van der Waals surface area contributed by atoms with E-state index in [-0.39, 0.29) is 0 Å². The van der Waals surface area contributed by atoms with Crippen molar-refractivity contribution in [1.29, 1.82) is 0 Å². The van der Waals surface area contributed by atoms with Gasteiger partial charge in [0.1, 0.15) is 0 Å². The van der Waals surface area contributed by atoms with E-state index in [1.165, 1.54) is 93.9 Å². The Bertz CT molecular complexity index is 3840. The molecule has 340 valence electrons. The zero-order chi connectivity index (χ0) is 48.2. The van der Waals surface area contributed by atoms with Crippen LogP contribution in [0.25, 0.3) is 49.4 Å². The summed E-state index contributed by atoms with van der Waals surface area (Å²) in [6.07, 6.45) is 6.52. The second kappa shape index (κ2) is 17.4. The van der Waals surface area contributed by atoms with Gasteiger partial charge in [-0.1, -0.05) is 243 Å². The number of anilines is 3. The molecular weight excluding hydrogens is 867 g/mol. The lowest BCUT2D eigenvalue weighted by Gasteiger charge is -2.36. The largest absolute Gasteiger partial charge is 0.310 e. The molecule has 0 radical (unpaired) electrons. The van der Waals surface area contributed by atoms with Crippen molar-refractivity contribution >= 4 is 44.2 Å². The summed E-state index contributed by atoms with van der Waals surface area (Å²) in [6.45, 7) is 6.57. The van der Waals surface area contributed by atoms with E-state index in [4.69, 9.17) is 0 Å². The van der Waals surface area contributed by atoms with Crippen LogP contribution < -0.4 is 4.90 Å². The normalized spacial score (nSPS) is 14.1. The van der Waals surface area contributed by atoms with E-state index in [2.05, 4.69) is 297 Å². The lowest BCUT2D eigenvalue weighted by Crippen LogP contribution is -2.29. The summed E-state index contributed by atoms with van der Waals surface area (Å²) in [6, 6.07) is 96.7. The summed E-state index contributed by atoms with van der Waals surface area (Å²) in [5.41, 5.74) is 19.2. The highest BCUT2D eigenvalue weighted by atomic mass is 15.1. The van der Waals surface area contributed by atoms with Crippen LogP contribution in [-0.2, 0) is 10.8 Å². The SMILES string of the molecule is C=CC1=C(/C=C\C)C(c2ccccc2)(c2ccccc2)c2cc(N(c3ccc(-c4ccc5ccc6ccccc6c5c4)cc3)c3ccc4c(c3)-c3ccccc3C4(c3ccccc3)c3ccccc3)ccc21. The lowest BCUT2D eigenvalue weighted by atomic mass is 9.66. The lowest BCUT2D eigenvalue weighted by molar-refractivity contribution is 0.761. The van der Waals surface area contributed by atoms with Gasteiger partial charge < -0.3 is 4.90 Å². The molecule has 11 aromatic rings. The van der Waals surface area contributed by atoms with Crippen molar-refractivity contribution in [1.82, 2.24) is 0 Å². The number of hydrogen-bond donors (Lipinski definition) is 0. The summed E-state index contributed by atoms with van der Waals surface area (Å²) in [4.78, 5) is 2.47. The highest BCUT2D eigenvalue weighted by molar-refractivity contribution is 6.08. The molecule has 0 aliphatic heterocycles. The monoisotopic (exact) mass is 917 g/mol. The fraction of sp³-hybridized carbons (Fsp3) is 0.0423. The van der Waals surface area contributed by atoms with Gasteiger partial charge in [-0.15, -0.1) is 0 Å². The van der Waals surface area contributed by atoms with Crippen LogP contribution in [0.5, 0.6) is 0 Å². The number of allylic oxidation sites excluding steroid dienone is 5. The van der Waals surface area contributed by atoms with Crippen LogP contribution in [0.3, 0.4) is 0 Å². The van der Waals surface area contributed by atoms with Crippen LogP contribution in [-0.4, -0.2) is 0 Å². The van der Waals surface area contributed by atoms with Crippen LogP contribution in [0, 0.1) is 0 Å². The average Bonchev–Trinajstić information content (AvgIpc) is 3.91. The Hall–Kier alpha value is -9.04. The van der Waals surface area contributed by atoms with E-state index in [0.717, 1.165) is 22.6 Å². The summed E-state index contributed by atoms with van der Waals surface area (Å²) >= 11 is 0. The fourth-order valence-corrected chi connectivity index (χ4v) is 12.5. The maximum absolute atomic E-state index is 4.45. The number of nitrogens with zero attached hydrogens (tertiary/aromatic N) is 1. The minimum absolute atomic E-state index is 0.501. The molecule has 0 saturated carbocycles. The first-order valence-electron chi connectivity index (χ1n) is 25.1. The first-order valence-corrected chi connectivity index (χ1v) is 25.1. The smallest absolute Gasteiger partial charge is 0.0714 e. The number of hydrogen-bond acceptors (Lipinski definition) is 1. The molecule has 11 aromatic carbocycles. The first-order chi connectivity index (χ1) is 35.6. The van der Waals surface area contributed by atoms with Gasteiger partial charge in [-0.3, -0.25) is 0 Å². The van der Waals surface area contributed by atoms with E-state index >= 15 is 0 Å². The molecule has 0 amide bonds. The maximum Gasteiger partial charge on any atom is 0.0714 e. The summed E-state index contributed by atoms with van der Waals surface area (Å²) in [5, 5.41) is 5.03. The Morgan fingerprint density at radius 3 is 1.50 bits per heavy atom. The van der Waals surface area contributed by atoms with E-state index in [9.17, 15) is 0 Å². The van der Waals surface area contributed by atoms with Crippen molar-refractivity contribution in [2.24, 2.45) is 0 Å². The van der Waals surface area contributed by atoms with Gasteiger partial charge in [-0.25, -0.2) is 0 Å². The quantitative estimate of drug-likeness (QED) is 0.124. The Kier molecular flexibility index (Phi) is 10.4. The zero-order valence-corrected chi connectivity index (χ0v) is 40.2. The molecule has 0 fully saturated rings. The predicted octanol–water partition coefficient (Wildman–Crippen LogP) is 18.4. The Balaban J connectivity index is 1.04. The molecule has 0 heterocycles. The average molecular weight is 918 g/mol. The minimum Gasteiger partial charge on any atom is -0.310 e.